The van der Waals surface area contributed by atoms with Crippen LogP contribution in [0.25, 0.3) is 0 Å². The van der Waals surface area contributed by atoms with Gasteiger partial charge in [0.2, 0.25) is 11.8 Å². The van der Waals surface area contributed by atoms with Crippen LogP contribution in [0.5, 0.6) is 0 Å². The van der Waals surface area contributed by atoms with E-state index in [-0.39, 0.29) is 17.7 Å². The van der Waals surface area contributed by atoms with Gasteiger partial charge in [-0.15, -0.1) is 0 Å². The van der Waals surface area contributed by atoms with E-state index in [4.69, 9.17) is 16.3 Å². The first kappa shape index (κ1) is 26.7. The lowest BCUT2D eigenvalue weighted by Crippen LogP contribution is -2.61. The SMILES string of the molecule is CC(C)C(NC(=O)C1CCCC12CCNC(=O)O2)C(=O)N1CCC(O)(c2ccc(Cl)cc2)C(C)(C)C1. The number of nitrogens with zero attached hydrogens (tertiary/aromatic N) is 1. The molecule has 4 rings (SSSR count). The van der Waals surface area contributed by atoms with Gasteiger partial charge in [0.15, 0.2) is 0 Å². The quantitative estimate of drug-likeness (QED) is 0.551. The first-order valence-electron chi connectivity index (χ1n) is 12.9. The molecule has 3 N–H and O–H groups in total. The van der Waals surface area contributed by atoms with Crippen LogP contribution in [0.1, 0.15) is 65.4 Å². The highest BCUT2D eigenvalue weighted by Gasteiger charge is 2.53. The number of ether oxygens (including phenoxy) is 1. The number of hydrogen-bond acceptors (Lipinski definition) is 5. The van der Waals surface area contributed by atoms with Crippen LogP contribution in [0.2, 0.25) is 5.02 Å². The predicted octanol–water partition coefficient (Wildman–Crippen LogP) is 3.60. The summed E-state index contributed by atoms with van der Waals surface area (Å²) in [6.07, 6.45) is 2.56. The van der Waals surface area contributed by atoms with E-state index in [2.05, 4.69) is 10.6 Å². The lowest BCUT2D eigenvalue weighted by atomic mass is 9.66. The summed E-state index contributed by atoms with van der Waals surface area (Å²) < 4.78 is 5.64. The zero-order valence-corrected chi connectivity index (χ0v) is 22.4. The minimum Gasteiger partial charge on any atom is -0.442 e. The molecular weight excluding hydrogens is 482 g/mol. The van der Waals surface area contributed by atoms with Crippen molar-refractivity contribution in [1.82, 2.24) is 15.5 Å². The molecule has 1 saturated carbocycles. The number of aliphatic hydroxyl groups is 1. The van der Waals surface area contributed by atoms with E-state index in [9.17, 15) is 19.5 Å². The number of piperidine rings is 1. The number of alkyl carbamates (subject to hydrolysis) is 1. The number of rotatable bonds is 5. The van der Waals surface area contributed by atoms with Gasteiger partial charge in [-0.2, -0.15) is 0 Å². The Hall–Kier alpha value is -2.32. The lowest BCUT2D eigenvalue weighted by molar-refractivity contribution is -0.157. The zero-order valence-electron chi connectivity index (χ0n) is 21.6. The molecule has 1 aromatic rings. The molecule has 9 heteroatoms. The van der Waals surface area contributed by atoms with Crippen LogP contribution < -0.4 is 10.6 Å². The molecule has 2 saturated heterocycles. The normalized spacial score (nSPS) is 30.6. The van der Waals surface area contributed by atoms with Crippen LogP contribution in [-0.2, 0) is 19.9 Å². The Balaban J connectivity index is 1.48. The molecule has 1 aliphatic carbocycles. The first-order valence-corrected chi connectivity index (χ1v) is 13.3. The number of halogens is 1. The standard InChI is InChI=1S/C27H38ClN3O5/c1-17(2)21(30-22(32)20-6-5-11-26(20)12-14-29-24(34)36-26)23(33)31-15-13-27(35,25(3,4)16-31)18-7-9-19(28)10-8-18/h7-10,17,20-21,35H,5-6,11-16H2,1-4H3,(H,29,34)(H,30,32). The number of nitrogens with one attached hydrogen (secondary N) is 2. The monoisotopic (exact) mass is 519 g/mol. The molecule has 0 radical (unpaired) electrons. The van der Waals surface area contributed by atoms with Crippen molar-refractivity contribution < 1.29 is 24.2 Å². The molecule has 3 amide bonds. The van der Waals surface area contributed by atoms with E-state index in [0.717, 1.165) is 12.0 Å². The van der Waals surface area contributed by atoms with E-state index < -0.39 is 34.7 Å². The van der Waals surface area contributed by atoms with Crippen molar-refractivity contribution in [2.75, 3.05) is 19.6 Å². The summed E-state index contributed by atoms with van der Waals surface area (Å²) in [5, 5.41) is 17.9. The summed E-state index contributed by atoms with van der Waals surface area (Å²) in [7, 11) is 0. The number of carbonyl (C=O) groups is 3. The largest absolute Gasteiger partial charge is 0.442 e. The van der Waals surface area contributed by atoms with Gasteiger partial charge >= 0.3 is 6.09 Å². The third-order valence-electron chi connectivity index (χ3n) is 8.47. The van der Waals surface area contributed by atoms with E-state index in [1.54, 1.807) is 17.0 Å². The average molecular weight is 520 g/mol. The van der Waals surface area contributed by atoms with Crippen molar-refractivity contribution in [3.05, 3.63) is 34.9 Å². The van der Waals surface area contributed by atoms with E-state index in [0.29, 0.717) is 50.3 Å². The smallest absolute Gasteiger partial charge is 0.407 e. The molecule has 2 heterocycles. The van der Waals surface area contributed by atoms with Crippen molar-refractivity contribution in [2.24, 2.45) is 17.3 Å². The number of likely N-dealkylation sites (tertiary alicyclic amines) is 1. The van der Waals surface area contributed by atoms with Crippen LogP contribution in [0.3, 0.4) is 0 Å². The highest BCUT2D eigenvalue weighted by atomic mass is 35.5. The molecule has 198 valence electrons. The van der Waals surface area contributed by atoms with Gasteiger partial charge in [-0.1, -0.05) is 51.4 Å². The lowest BCUT2D eigenvalue weighted by Gasteiger charge is -2.51. The fourth-order valence-corrected chi connectivity index (χ4v) is 6.34. The highest BCUT2D eigenvalue weighted by molar-refractivity contribution is 6.30. The maximum Gasteiger partial charge on any atom is 0.407 e. The summed E-state index contributed by atoms with van der Waals surface area (Å²) in [5.41, 5.74) is -1.75. The molecule has 3 aliphatic rings. The van der Waals surface area contributed by atoms with Crippen molar-refractivity contribution in [2.45, 2.75) is 77.0 Å². The third kappa shape index (κ3) is 4.82. The van der Waals surface area contributed by atoms with Gasteiger partial charge in [0.1, 0.15) is 11.6 Å². The van der Waals surface area contributed by atoms with E-state index >= 15 is 0 Å². The molecule has 4 atom stereocenters. The van der Waals surface area contributed by atoms with Crippen LogP contribution in [0, 0.1) is 17.3 Å². The van der Waals surface area contributed by atoms with E-state index in [1.807, 2.05) is 39.8 Å². The first-order chi connectivity index (χ1) is 16.9. The topological polar surface area (TPSA) is 108 Å². The molecule has 3 fully saturated rings. The molecule has 36 heavy (non-hydrogen) atoms. The van der Waals surface area contributed by atoms with E-state index in [1.165, 1.54) is 0 Å². The van der Waals surface area contributed by atoms with Crippen molar-refractivity contribution in [3.8, 4) is 0 Å². The van der Waals surface area contributed by atoms with Crippen LogP contribution >= 0.6 is 11.6 Å². The van der Waals surface area contributed by atoms with Crippen LogP contribution in [0.4, 0.5) is 4.79 Å². The molecule has 4 unspecified atom stereocenters. The number of hydrogen-bond donors (Lipinski definition) is 3. The van der Waals surface area contributed by atoms with Gasteiger partial charge in [0.05, 0.1) is 11.5 Å². The summed E-state index contributed by atoms with van der Waals surface area (Å²) in [6, 6.07) is 6.50. The Bertz CT molecular complexity index is 1010. The Labute approximate surface area is 218 Å². The average Bonchev–Trinajstić information content (AvgIpc) is 3.21. The third-order valence-corrected chi connectivity index (χ3v) is 8.72. The summed E-state index contributed by atoms with van der Waals surface area (Å²) >= 11 is 6.04. The van der Waals surface area contributed by atoms with Crippen molar-refractivity contribution in [3.63, 3.8) is 0 Å². The van der Waals surface area contributed by atoms with Gasteiger partial charge in [-0.3, -0.25) is 9.59 Å². The second-order valence-corrected chi connectivity index (χ2v) is 12.0. The molecule has 1 spiro atoms. The molecule has 0 aromatic heterocycles. The number of amides is 3. The summed E-state index contributed by atoms with van der Waals surface area (Å²) in [6.45, 7) is 8.94. The second kappa shape index (κ2) is 9.86. The van der Waals surface area contributed by atoms with Gasteiger partial charge in [-0.05, 0) is 49.3 Å². The molecule has 1 aromatic carbocycles. The zero-order chi connectivity index (χ0) is 26.3. The number of carbonyl (C=O) groups excluding carboxylic acids is 3. The van der Waals surface area contributed by atoms with Crippen LogP contribution in [-0.4, -0.2) is 59.2 Å². The Kier molecular flexibility index (Phi) is 7.32. The molecule has 0 bridgehead atoms. The Morgan fingerprint density at radius 2 is 1.89 bits per heavy atom. The van der Waals surface area contributed by atoms with Gasteiger partial charge in [-0.25, -0.2) is 4.79 Å². The van der Waals surface area contributed by atoms with Gasteiger partial charge in [0, 0.05) is 36.5 Å². The molecular formula is C27H38ClN3O5. The Morgan fingerprint density at radius 3 is 2.50 bits per heavy atom. The second-order valence-electron chi connectivity index (χ2n) is 11.6. The molecule has 8 nitrogen and oxygen atoms in total. The minimum atomic E-state index is -1.11. The maximum absolute atomic E-state index is 13.7. The van der Waals surface area contributed by atoms with Crippen molar-refractivity contribution in [1.29, 1.82) is 0 Å². The summed E-state index contributed by atoms with van der Waals surface area (Å²) in [5.74, 6) is -0.984. The van der Waals surface area contributed by atoms with Crippen molar-refractivity contribution >= 4 is 29.5 Å². The summed E-state index contributed by atoms with van der Waals surface area (Å²) in [4.78, 5) is 40.8. The number of benzene rings is 1. The Morgan fingerprint density at radius 1 is 1.19 bits per heavy atom. The van der Waals surface area contributed by atoms with Crippen LogP contribution in [0.15, 0.2) is 24.3 Å². The highest BCUT2D eigenvalue weighted by Crippen LogP contribution is 2.46. The van der Waals surface area contributed by atoms with Gasteiger partial charge < -0.3 is 25.4 Å². The molecule has 2 aliphatic heterocycles. The maximum atomic E-state index is 13.7. The predicted molar refractivity (Wildman–Crippen MR) is 136 cm³/mol. The van der Waals surface area contributed by atoms with Gasteiger partial charge in [0.25, 0.3) is 0 Å². The fraction of sp³-hybridized carbons (Fsp3) is 0.667. The fourth-order valence-electron chi connectivity index (χ4n) is 6.22. The minimum absolute atomic E-state index is 0.130.